The first-order valence-electron chi connectivity index (χ1n) is 16.2. The average molecular weight is 667 g/mol. The van der Waals surface area contributed by atoms with Gasteiger partial charge >= 0.3 is 5.97 Å². The molecule has 47 heavy (non-hydrogen) atoms. The van der Waals surface area contributed by atoms with Gasteiger partial charge in [-0.1, -0.05) is 77.1 Å². The minimum absolute atomic E-state index is 0.0131. The van der Waals surface area contributed by atoms with Crippen LogP contribution < -0.4 is 9.47 Å². The van der Waals surface area contributed by atoms with Crippen LogP contribution in [0.25, 0.3) is 6.08 Å². The summed E-state index contributed by atoms with van der Waals surface area (Å²) in [7, 11) is 1.02. The van der Waals surface area contributed by atoms with Gasteiger partial charge < -0.3 is 28.1 Å². The molecule has 0 fully saturated rings. The lowest BCUT2D eigenvalue weighted by Gasteiger charge is -2.46. The molecular formula is C38H54O8Si. The van der Waals surface area contributed by atoms with Gasteiger partial charge in [0.25, 0.3) is 5.79 Å². The van der Waals surface area contributed by atoms with Crippen LogP contribution in [0.2, 0.25) is 18.1 Å². The Kier molecular flexibility index (Phi) is 12.8. The highest BCUT2D eigenvalue weighted by molar-refractivity contribution is 6.74. The highest BCUT2D eigenvalue weighted by Crippen LogP contribution is 2.42. The van der Waals surface area contributed by atoms with Crippen molar-refractivity contribution in [2.45, 2.75) is 104 Å². The van der Waals surface area contributed by atoms with Gasteiger partial charge in [-0.2, -0.15) is 0 Å². The number of hydrogen-bond donors (Lipinski definition) is 0. The quantitative estimate of drug-likeness (QED) is 0.139. The molecule has 1 heterocycles. The van der Waals surface area contributed by atoms with Crippen LogP contribution in [0.5, 0.6) is 11.5 Å². The summed E-state index contributed by atoms with van der Waals surface area (Å²) < 4.78 is 36.4. The lowest BCUT2D eigenvalue weighted by atomic mass is 9.77. The molecule has 0 spiro atoms. The molecule has 3 rings (SSSR count). The van der Waals surface area contributed by atoms with E-state index >= 15 is 0 Å². The molecule has 0 saturated heterocycles. The van der Waals surface area contributed by atoms with E-state index in [0.717, 1.165) is 16.9 Å². The third-order valence-electron chi connectivity index (χ3n) is 9.28. The molecule has 1 aliphatic rings. The predicted octanol–water partition coefficient (Wildman–Crippen LogP) is 8.30. The van der Waals surface area contributed by atoms with E-state index in [1.807, 2.05) is 74.5 Å². The second kappa shape index (κ2) is 15.8. The second-order valence-electron chi connectivity index (χ2n) is 14.5. The van der Waals surface area contributed by atoms with Crippen molar-refractivity contribution >= 4 is 26.1 Å². The molecule has 258 valence electrons. The van der Waals surface area contributed by atoms with E-state index in [1.54, 1.807) is 27.2 Å². The zero-order chi connectivity index (χ0) is 35.0. The van der Waals surface area contributed by atoms with Crippen molar-refractivity contribution in [3.05, 3.63) is 77.4 Å². The molecule has 0 radical (unpaired) electrons. The van der Waals surface area contributed by atoms with Gasteiger partial charge in [0.2, 0.25) is 0 Å². The Morgan fingerprint density at radius 3 is 2.32 bits per heavy atom. The molecule has 2 aromatic carbocycles. The van der Waals surface area contributed by atoms with Crippen LogP contribution in [0.1, 0.15) is 72.4 Å². The van der Waals surface area contributed by atoms with Crippen LogP contribution >= 0.6 is 0 Å². The molecule has 3 atom stereocenters. The Labute approximate surface area is 282 Å². The summed E-state index contributed by atoms with van der Waals surface area (Å²) in [6, 6.07) is 15.6. The van der Waals surface area contributed by atoms with Gasteiger partial charge in [-0.15, -0.1) is 0 Å². The number of esters is 1. The van der Waals surface area contributed by atoms with Gasteiger partial charge in [-0.25, -0.2) is 0 Å². The second-order valence-corrected chi connectivity index (χ2v) is 19.3. The molecule has 0 bridgehead atoms. The molecule has 1 aliphatic heterocycles. The normalized spacial score (nSPS) is 19.8. The Hall–Kier alpha value is -3.24. The van der Waals surface area contributed by atoms with Crippen LogP contribution in [0, 0.1) is 5.41 Å². The van der Waals surface area contributed by atoms with Crippen molar-refractivity contribution in [1.82, 2.24) is 0 Å². The lowest BCUT2D eigenvalue weighted by Crippen LogP contribution is -2.56. The summed E-state index contributed by atoms with van der Waals surface area (Å²) in [5.41, 5.74) is 1.79. The Morgan fingerprint density at radius 2 is 1.72 bits per heavy atom. The minimum Gasteiger partial charge on any atom is -0.497 e. The van der Waals surface area contributed by atoms with Gasteiger partial charge in [-0.05, 0) is 73.2 Å². The SMILES string of the molecule is COc1ccc(OC)c(/C=C/[C@H](CCC(C)(C)C2OC(CO[Si](C)(C)C(C)(C)C)(OC(C)=O)C(C)=CC2=O)OCc2ccccc2)c1. The predicted molar refractivity (Wildman–Crippen MR) is 188 cm³/mol. The molecule has 0 amide bonds. The molecule has 0 saturated carbocycles. The van der Waals surface area contributed by atoms with E-state index in [0.29, 0.717) is 30.8 Å². The molecular weight excluding hydrogens is 612 g/mol. The summed E-state index contributed by atoms with van der Waals surface area (Å²) in [4.78, 5) is 25.9. The number of hydrogen-bond acceptors (Lipinski definition) is 8. The maximum absolute atomic E-state index is 13.5. The topological polar surface area (TPSA) is 89.5 Å². The van der Waals surface area contributed by atoms with E-state index in [9.17, 15) is 9.59 Å². The standard InChI is InChI=1S/C38H54O8Si/c1-27-23-33(40)35(46-38(27,45-28(2)39)26-44-47(10,11)36(3,4)5)37(6,7)22-21-31(43-25-29-15-13-12-14-16-29)18-17-30-24-32(41-8)19-20-34(30)42-9/h12-20,23-24,31,35H,21-22,25-26H2,1-11H3/b18-17+/t31-,35?,38?/m1/s1. The van der Waals surface area contributed by atoms with E-state index in [1.165, 1.54) is 6.92 Å². The molecule has 8 nitrogen and oxygen atoms in total. The van der Waals surface area contributed by atoms with Crippen molar-refractivity contribution in [3.63, 3.8) is 0 Å². The van der Waals surface area contributed by atoms with Crippen molar-refractivity contribution in [2.24, 2.45) is 5.41 Å². The maximum Gasteiger partial charge on any atom is 0.305 e. The van der Waals surface area contributed by atoms with Crippen LogP contribution in [-0.2, 0) is 34.8 Å². The Bertz CT molecular complexity index is 1420. The summed E-state index contributed by atoms with van der Waals surface area (Å²) in [5, 5.41) is -0.0671. The zero-order valence-electron chi connectivity index (χ0n) is 30.1. The van der Waals surface area contributed by atoms with Crippen molar-refractivity contribution < 1.29 is 37.7 Å². The van der Waals surface area contributed by atoms with Gasteiger partial charge in [0.15, 0.2) is 14.1 Å². The van der Waals surface area contributed by atoms with Gasteiger partial charge in [0.05, 0.1) is 26.9 Å². The molecule has 0 aromatic heterocycles. The fourth-order valence-electron chi connectivity index (χ4n) is 5.13. The lowest BCUT2D eigenvalue weighted by molar-refractivity contribution is -0.255. The minimum atomic E-state index is -2.24. The summed E-state index contributed by atoms with van der Waals surface area (Å²) in [6.07, 6.45) is 5.55. The zero-order valence-corrected chi connectivity index (χ0v) is 31.1. The molecule has 0 aliphatic carbocycles. The monoisotopic (exact) mass is 666 g/mol. The fraction of sp³-hybridized carbons (Fsp3) is 0.526. The molecule has 0 N–H and O–H groups in total. The first-order valence-corrected chi connectivity index (χ1v) is 19.1. The third kappa shape index (κ3) is 10.1. The summed E-state index contributed by atoms with van der Waals surface area (Å²) in [5.74, 6) is -0.729. The Balaban J connectivity index is 1.88. The first-order chi connectivity index (χ1) is 21.9. The van der Waals surface area contributed by atoms with Gasteiger partial charge in [0.1, 0.15) is 24.2 Å². The van der Waals surface area contributed by atoms with Gasteiger partial charge in [0, 0.05) is 18.1 Å². The van der Waals surface area contributed by atoms with E-state index in [-0.39, 0.29) is 23.5 Å². The number of carbonyl (C=O) groups excluding carboxylic acids is 2. The van der Waals surface area contributed by atoms with Gasteiger partial charge in [-0.3, -0.25) is 9.59 Å². The number of rotatable bonds is 15. The molecule has 2 unspecified atom stereocenters. The number of ether oxygens (including phenoxy) is 5. The summed E-state index contributed by atoms with van der Waals surface area (Å²) in [6.45, 7) is 18.2. The van der Waals surface area contributed by atoms with Crippen LogP contribution in [0.4, 0.5) is 0 Å². The molecule has 9 heteroatoms. The number of ketones is 1. The number of methoxy groups -OCH3 is 2. The first kappa shape index (κ1) is 38.2. The van der Waals surface area contributed by atoms with Crippen molar-refractivity contribution in [3.8, 4) is 11.5 Å². The fourth-order valence-corrected chi connectivity index (χ4v) is 6.11. The Morgan fingerprint density at radius 1 is 1.04 bits per heavy atom. The largest absolute Gasteiger partial charge is 0.497 e. The smallest absolute Gasteiger partial charge is 0.305 e. The number of benzene rings is 2. The van der Waals surface area contributed by atoms with Crippen LogP contribution in [0.15, 0.2) is 66.3 Å². The van der Waals surface area contributed by atoms with E-state index < -0.39 is 31.6 Å². The van der Waals surface area contributed by atoms with Crippen LogP contribution in [-0.4, -0.2) is 58.9 Å². The van der Waals surface area contributed by atoms with Crippen molar-refractivity contribution in [2.75, 3.05) is 20.8 Å². The van der Waals surface area contributed by atoms with Crippen molar-refractivity contribution in [1.29, 1.82) is 0 Å². The summed E-state index contributed by atoms with van der Waals surface area (Å²) >= 11 is 0. The maximum atomic E-state index is 13.5. The average Bonchev–Trinajstić information content (AvgIpc) is 3.00. The highest BCUT2D eigenvalue weighted by Gasteiger charge is 2.51. The number of carbonyl (C=O) groups is 2. The van der Waals surface area contributed by atoms with E-state index in [4.69, 9.17) is 28.1 Å². The third-order valence-corrected chi connectivity index (χ3v) is 13.8. The highest BCUT2D eigenvalue weighted by atomic mass is 28.4. The van der Waals surface area contributed by atoms with Crippen LogP contribution in [0.3, 0.4) is 0 Å². The van der Waals surface area contributed by atoms with E-state index in [2.05, 4.69) is 33.9 Å². The molecule has 2 aromatic rings.